The van der Waals surface area contributed by atoms with Crippen LogP contribution in [0.3, 0.4) is 0 Å². The van der Waals surface area contributed by atoms with E-state index in [-0.39, 0.29) is 11.5 Å². The zero-order valence-electron chi connectivity index (χ0n) is 11.6. The van der Waals surface area contributed by atoms with Crippen LogP contribution in [-0.2, 0) is 0 Å². The molecule has 102 valence electrons. The maximum atomic E-state index is 6.52. The maximum absolute atomic E-state index is 6.52. The van der Waals surface area contributed by atoms with Crippen molar-refractivity contribution in [3.63, 3.8) is 0 Å². The molecule has 0 aliphatic heterocycles. The molecule has 1 aromatic heterocycles. The number of fused-ring (bicyclic) bond motifs is 1. The second kappa shape index (κ2) is 4.62. The first-order chi connectivity index (χ1) is 9.14. The number of rotatable bonds is 4. The molecule has 1 unspecified atom stereocenters. The minimum Gasteiger partial charge on any atom is -0.441 e. The fraction of sp³-hybridized carbons (Fsp3) is 0.533. The van der Waals surface area contributed by atoms with Gasteiger partial charge in [0.05, 0.1) is 0 Å². The van der Waals surface area contributed by atoms with Crippen molar-refractivity contribution < 1.29 is 4.42 Å². The zero-order chi connectivity index (χ0) is 13.5. The molecule has 1 aliphatic carbocycles. The number of hydrogen-bond donors (Lipinski definition) is 2. The first-order valence-electron chi connectivity index (χ1n) is 6.92. The van der Waals surface area contributed by atoms with E-state index in [9.17, 15) is 0 Å². The van der Waals surface area contributed by atoms with E-state index < -0.39 is 0 Å². The van der Waals surface area contributed by atoms with Crippen LogP contribution in [0, 0.1) is 12.3 Å². The summed E-state index contributed by atoms with van der Waals surface area (Å²) in [5.74, 6) is 0.703. The second-order valence-electron chi connectivity index (χ2n) is 5.68. The molecule has 2 aromatic rings. The van der Waals surface area contributed by atoms with Crippen LogP contribution in [-0.4, -0.2) is 18.6 Å². The lowest BCUT2D eigenvalue weighted by Crippen LogP contribution is -2.46. The molecule has 0 spiro atoms. The maximum Gasteiger partial charge on any atom is 0.192 e. The summed E-state index contributed by atoms with van der Waals surface area (Å²) in [4.78, 5) is 4.33. The summed E-state index contributed by atoms with van der Waals surface area (Å²) in [5.41, 5.74) is 9.62. The van der Waals surface area contributed by atoms with Crippen molar-refractivity contribution >= 4 is 11.1 Å². The highest BCUT2D eigenvalue weighted by molar-refractivity contribution is 5.73. The molecule has 1 aliphatic rings. The summed E-state index contributed by atoms with van der Waals surface area (Å²) in [6.07, 6.45) is 3.67. The Balaban J connectivity index is 1.94. The van der Waals surface area contributed by atoms with E-state index in [1.54, 1.807) is 0 Å². The molecule has 1 heterocycles. The van der Waals surface area contributed by atoms with E-state index in [0.717, 1.165) is 23.2 Å². The van der Waals surface area contributed by atoms with Gasteiger partial charge in [0.15, 0.2) is 11.5 Å². The highest BCUT2D eigenvalue weighted by atomic mass is 16.3. The summed E-state index contributed by atoms with van der Waals surface area (Å²) in [7, 11) is 2.00. The molecular weight excluding hydrogens is 238 g/mol. The third-order valence-electron chi connectivity index (χ3n) is 4.42. The Morgan fingerprint density at radius 2 is 2.26 bits per heavy atom. The van der Waals surface area contributed by atoms with Crippen molar-refractivity contribution in [3.05, 3.63) is 29.7 Å². The van der Waals surface area contributed by atoms with Crippen LogP contribution in [0.25, 0.3) is 11.1 Å². The third-order valence-corrected chi connectivity index (χ3v) is 4.42. The van der Waals surface area contributed by atoms with Crippen molar-refractivity contribution in [1.29, 1.82) is 0 Å². The van der Waals surface area contributed by atoms with Crippen molar-refractivity contribution in [2.45, 2.75) is 32.2 Å². The number of nitrogens with zero attached hydrogens (tertiary/aromatic N) is 1. The molecule has 3 rings (SSSR count). The van der Waals surface area contributed by atoms with Gasteiger partial charge in [-0.25, -0.2) is 4.98 Å². The number of oxazole rings is 1. The van der Waals surface area contributed by atoms with Gasteiger partial charge in [-0.1, -0.05) is 12.5 Å². The Kier molecular flexibility index (Phi) is 3.07. The lowest BCUT2D eigenvalue weighted by molar-refractivity contribution is 0.0948. The fourth-order valence-electron chi connectivity index (χ4n) is 3.18. The molecule has 4 nitrogen and oxygen atoms in total. The summed E-state index contributed by atoms with van der Waals surface area (Å²) < 4.78 is 5.60. The zero-order valence-corrected chi connectivity index (χ0v) is 11.6. The Bertz CT molecular complexity index is 586. The third kappa shape index (κ3) is 2.05. The van der Waals surface area contributed by atoms with Crippen molar-refractivity contribution in [1.82, 2.24) is 10.3 Å². The number of aryl methyl sites for hydroxylation is 1. The Labute approximate surface area is 113 Å². The lowest BCUT2D eigenvalue weighted by atomic mass is 9.62. The largest absolute Gasteiger partial charge is 0.441 e. The van der Waals surface area contributed by atoms with Gasteiger partial charge in [0.2, 0.25) is 0 Å². The SMILES string of the molecule is CNCC1(C(N)c2ccc3nc(C)oc3c2)CCC1. The monoisotopic (exact) mass is 259 g/mol. The van der Waals surface area contributed by atoms with Crippen LogP contribution in [0.2, 0.25) is 0 Å². The minimum atomic E-state index is 0.0588. The van der Waals surface area contributed by atoms with Crippen molar-refractivity contribution in [2.24, 2.45) is 11.1 Å². The summed E-state index contributed by atoms with van der Waals surface area (Å²) in [5, 5.41) is 3.29. The molecule has 0 bridgehead atoms. The van der Waals surface area contributed by atoms with Crippen LogP contribution in [0.1, 0.15) is 36.8 Å². The van der Waals surface area contributed by atoms with Crippen LogP contribution < -0.4 is 11.1 Å². The number of aromatic nitrogens is 1. The molecule has 0 radical (unpaired) electrons. The van der Waals surface area contributed by atoms with Gasteiger partial charge in [-0.15, -0.1) is 0 Å². The molecule has 19 heavy (non-hydrogen) atoms. The molecule has 1 fully saturated rings. The average Bonchev–Trinajstić information content (AvgIpc) is 2.72. The molecule has 0 amide bonds. The standard InChI is InChI=1S/C15H21N3O/c1-10-18-12-5-4-11(8-13(12)19-10)14(16)15(9-17-2)6-3-7-15/h4-5,8,14,17H,3,6-7,9,16H2,1-2H3. The van der Waals surface area contributed by atoms with E-state index in [0.29, 0.717) is 5.89 Å². The molecular formula is C15H21N3O. The first kappa shape index (κ1) is 12.6. The minimum absolute atomic E-state index is 0.0588. The fourth-order valence-corrected chi connectivity index (χ4v) is 3.18. The molecule has 1 aromatic carbocycles. The van der Waals surface area contributed by atoms with E-state index in [2.05, 4.69) is 22.4 Å². The van der Waals surface area contributed by atoms with Crippen LogP contribution in [0.5, 0.6) is 0 Å². The van der Waals surface area contributed by atoms with Crippen molar-refractivity contribution in [3.8, 4) is 0 Å². The van der Waals surface area contributed by atoms with Gasteiger partial charge in [0, 0.05) is 24.9 Å². The highest BCUT2D eigenvalue weighted by Crippen LogP contribution is 2.48. The number of nitrogens with one attached hydrogen (secondary N) is 1. The van der Waals surface area contributed by atoms with E-state index in [1.165, 1.54) is 19.3 Å². The van der Waals surface area contributed by atoms with E-state index in [1.807, 2.05) is 20.0 Å². The Morgan fingerprint density at radius 1 is 1.47 bits per heavy atom. The van der Waals surface area contributed by atoms with Gasteiger partial charge >= 0.3 is 0 Å². The quantitative estimate of drug-likeness (QED) is 0.885. The van der Waals surface area contributed by atoms with Gasteiger partial charge in [-0.2, -0.15) is 0 Å². The summed E-state index contributed by atoms with van der Waals surface area (Å²) in [6.45, 7) is 2.84. The normalized spacial score (nSPS) is 19.3. The average molecular weight is 259 g/mol. The highest BCUT2D eigenvalue weighted by Gasteiger charge is 2.42. The van der Waals surface area contributed by atoms with Gasteiger partial charge < -0.3 is 15.5 Å². The summed E-state index contributed by atoms with van der Waals surface area (Å²) >= 11 is 0. The molecule has 4 heteroatoms. The van der Waals surface area contributed by atoms with Crippen LogP contribution in [0.15, 0.2) is 22.6 Å². The van der Waals surface area contributed by atoms with Crippen LogP contribution in [0.4, 0.5) is 0 Å². The van der Waals surface area contributed by atoms with Gasteiger partial charge in [-0.05, 0) is 37.6 Å². The number of hydrogen-bond acceptors (Lipinski definition) is 4. The molecule has 3 N–H and O–H groups in total. The van der Waals surface area contributed by atoms with E-state index >= 15 is 0 Å². The molecule has 1 saturated carbocycles. The molecule has 0 saturated heterocycles. The number of benzene rings is 1. The smallest absolute Gasteiger partial charge is 0.192 e. The molecule has 1 atom stereocenters. The number of nitrogens with two attached hydrogens (primary N) is 1. The van der Waals surface area contributed by atoms with Gasteiger partial charge in [0.25, 0.3) is 0 Å². The second-order valence-corrected chi connectivity index (χ2v) is 5.68. The lowest BCUT2D eigenvalue weighted by Gasteiger charge is -2.46. The Hall–Kier alpha value is -1.39. The topological polar surface area (TPSA) is 64.1 Å². The van der Waals surface area contributed by atoms with Crippen LogP contribution >= 0.6 is 0 Å². The summed E-state index contributed by atoms with van der Waals surface area (Å²) in [6, 6.07) is 6.20. The predicted molar refractivity (Wildman–Crippen MR) is 75.9 cm³/mol. The van der Waals surface area contributed by atoms with Crippen molar-refractivity contribution in [2.75, 3.05) is 13.6 Å². The van der Waals surface area contributed by atoms with Gasteiger partial charge in [0.1, 0.15) is 5.52 Å². The van der Waals surface area contributed by atoms with E-state index in [4.69, 9.17) is 10.2 Å². The van der Waals surface area contributed by atoms with Gasteiger partial charge in [-0.3, -0.25) is 0 Å². The first-order valence-corrected chi connectivity index (χ1v) is 6.92. The Morgan fingerprint density at radius 3 is 2.89 bits per heavy atom. The predicted octanol–water partition coefficient (Wildman–Crippen LogP) is 2.53.